The first-order valence-corrected chi connectivity index (χ1v) is 48.4. The van der Waals surface area contributed by atoms with Crippen LogP contribution in [0, 0.1) is 32.0 Å². The number of fused-ring (bicyclic) bond motifs is 9. The van der Waals surface area contributed by atoms with Gasteiger partial charge in [-0.25, -0.2) is 0 Å². The predicted octanol–water partition coefficient (Wildman–Crippen LogP) is 15.8. The Morgan fingerprint density at radius 3 is 1.31 bits per heavy atom. The minimum absolute atomic E-state index is 0. The van der Waals surface area contributed by atoms with Crippen LogP contribution in [0.15, 0.2) is 237 Å². The summed E-state index contributed by atoms with van der Waals surface area (Å²) in [6.45, 7) is 33.9. The third-order valence-corrected chi connectivity index (χ3v) is 34.1. The van der Waals surface area contributed by atoms with E-state index in [1.807, 2.05) is 0 Å². The molecule has 6 heterocycles. The van der Waals surface area contributed by atoms with Gasteiger partial charge in [0.15, 0.2) is 0 Å². The minimum atomic E-state index is -2.44. The molecule has 12 heteroatoms. The van der Waals surface area contributed by atoms with Crippen molar-refractivity contribution in [2.24, 2.45) is 0 Å². The molecule has 0 saturated carbocycles. The molecule has 0 aliphatic carbocycles. The molecule has 13 aromatic rings. The quantitative estimate of drug-likeness (QED) is 0.101. The first-order valence-electron chi connectivity index (χ1n) is 32.9. The fraction of sp³-hybridized carbons (Fsp3) is 0.179. The molecule has 4 nitrogen and oxygen atoms in total. The van der Waals surface area contributed by atoms with Crippen LogP contribution in [0.5, 0.6) is 0 Å². The smallest absolute Gasteiger partial charge is 0.136 e. The fourth-order valence-electron chi connectivity index (χ4n) is 14.8. The molecule has 4 aromatic heterocycles. The molecule has 0 atom stereocenters. The molecule has 0 bridgehead atoms. The van der Waals surface area contributed by atoms with Crippen LogP contribution in [-0.4, -0.2) is 59.9 Å². The van der Waals surface area contributed by atoms with Crippen LogP contribution < -0.4 is 46.7 Å². The molecule has 0 saturated heterocycles. The number of nitrogens with zero attached hydrogens (tertiary/aromatic N) is 4. The van der Waals surface area contributed by atoms with E-state index in [9.17, 15) is 0 Å². The van der Waals surface area contributed by atoms with E-state index in [-0.39, 0.29) is 60.3 Å². The normalized spacial score (nSPS) is 13.1. The maximum Gasteiger partial charge on any atom is 0.136 e. The van der Waals surface area contributed by atoms with E-state index in [1.165, 1.54) is 108 Å². The second kappa shape index (κ2) is 28.6. The molecule has 96 heavy (non-hydrogen) atoms. The average Bonchev–Trinajstić information content (AvgIpc) is 1.54. The number of aromatic nitrogens is 4. The first kappa shape index (κ1) is 72.0. The Balaban J connectivity index is 0.000000156. The summed E-state index contributed by atoms with van der Waals surface area (Å²) in [7, 11) is -8.36. The van der Waals surface area contributed by atoms with Gasteiger partial charge in [-0.3, -0.25) is 0 Å². The van der Waals surface area contributed by atoms with E-state index in [1.54, 1.807) is 5.19 Å². The van der Waals surface area contributed by atoms with Crippen LogP contribution in [0.3, 0.4) is 0 Å². The van der Waals surface area contributed by atoms with Gasteiger partial charge in [0.25, 0.3) is 0 Å². The second-order valence-electron chi connectivity index (χ2n) is 29.0. The Hall–Kier alpha value is -6.74. The Bertz CT molecular complexity index is 4940. The molecule has 2 aliphatic rings. The van der Waals surface area contributed by atoms with Crippen LogP contribution in [0.4, 0.5) is 0 Å². The zero-order valence-corrected chi connectivity index (χ0v) is 69.7. The summed E-state index contributed by atoms with van der Waals surface area (Å²) in [6, 6.07) is 90.6. The molecule has 0 N–H and O–H groups in total. The number of para-hydroxylation sites is 1. The summed E-state index contributed by atoms with van der Waals surface area (Å²) in [6.07, 6.45) is 6.32. The molecular formula is C84H83Ir3N4Si5-3. The van der Waals surface area contributed by atoms with Gasteiger partial charge < -0.3 is 19.5 Å². The van der Waals surface area contributed by atoms with Crippen LogP contribution in [0.1, 0.15) is 18.1 Å². The maximum atomic E-state index is 4.93. The standard InChI is InChI=1S/C33H30NSi2.C28H27N2Si.C23H26NSi2.3Ir/c1-24-21-30(34-23-33(24)35(2,3)4)25-19-20-32-29(22-25)28-17-11-12-18-31(28)36(32,26-13-7-5-8-14-26)27-15-9-6-10-16-27;1-5-30-26-14-10-9-13-22(26)24-17-21(15-16-27(24)30)25-18-23(20-11-7-6-8-12-20)28(19-29-25)31(2,3)4;1-16-13-20(24-15-23(16)25(2,3)4)17-11-12-22-19(14-17)18-9-7-8-10-21(18)26(22,5)6;;;/h5-18,20-23H,1-4H3;6-14,16-19H,5H2,1-4H3;7-10,12-15H,1-6H3;;;/q3*-1;;;. The van der Waals surface area contributed by atoms with Crippen molar-refractivity contribution in [2.45, 2.75) is 99.3 Å². The van der Waals surface area contributed by atoms with Crippen LogP contribution in [0.2, 0.25) is 72.0 Å². The summed E-state index contributed by atoms with van der Waals surface area (Å²) in [4.78, 5) is 14.6. The van der Waals surface area contributed by atoms with Crippen molar-refractivity contribution < 1.29 is 60.3 Å². The van der Waals surface area contributed by atoms with Gasteiger partial charge in [-0.1, -0.05) is 291 Å². The number of hydrogen-bond donors (Lipinski definition) is 0. The Labute approximate surface area is 615 Å². The SMILES string of the molecule is CCn1c2c[c-]c(-c3cc(-c4ccccc4)c([Si](C)(C)C)cn3)cc2c2ccccc21.Cc1cc(-c2[c-]cc3c(c2)-c2ccccc2[Si]3(C)C)ncc1[Si](C)(C)C.Cc1cc(-c2[c-]cc3c(c2)-c2ccccc2[Si]3(c2ccccc2)c2ccccc2)ncc1[Si](C)(C)C.[Ir].[Ir].[Ir]. The largest absolute Gasteiger partial charge is 0.381 e. The van der Waals surface area contributed by atoms with Crippen molar-refractivity contribution in [3.63, 3.8) is 0 Å². The Morgan fingerprint density at radius 1 is 0.375 bits per heavy atom. The van der Waals surface area contributed by atoms with Gasteiger partial charge in [-0.15, -0.1) is 81.7 Å². The van der Waals surface area contributed by atoms with Crippen molar-refractivity contribution >= 4 is 109 Å². The molecular weight excluding hydrogens is 1780 g/mol. The molecule has 0 amide bonds. The number of hydrogen-bond acceptors (Lipinski definition) is 3. The Kier molecular flexibility index (Phi) is 21.5. The summed E-state index contributed by atoms with van der Waals surface area (Å²) < 4.78 is 2.36. The summed E-state index contributed by atoms with van der Waals surface area (Å²) in [5.41, 5.74) is 19.5. The molecule has 489 valence electrons. The maximum absolute atomic E-state index is 4.93. The van der Waals surface area contributed by atoms with Crippen LogP contribution in [-0.2, 0) is 66.9 Å². The molecule has 15 rings (SSSR count). The molecule has 0 unspecified atom stereocenters. The average molecular weight is 1870 g/mol. The first-order chi connectivity index (χ1) is 44.6. The molecule has 2 aliphatic heterocycles. The van der Waals surface area contributed by atoms with Gasteiger partial charge in [0.05, 0.1) is 32.3 Å². The third kappa shape index (κ3) is 13.4. The van der Waals surface area contributed by atoms with Crippen LogP contribution >= 0.6 is 0 Å². The van der Waals surface area contributed by atoms with Crippen molar-refractivity contribution in [2.75, 3.05) is 0 Å². The zero-order chi connectivity index (χ0) is 65.2. The zero-order valence-electron chi connectivity index (χ0n) is 57.5. The number of pyridine rings is 3. The van der Waals surface area contributed by atoms with Gasteiger partial charge in [0.2, 0.25) is 0 Å². The van der Waals surface area contributed by atoms with Crippen molar-refractivity contribution in [1.29, 1.82) is 0 Å². The number of rotatable bonds is 10. The molecule has 0 spiro atoms. The van der Waals surface area contributed by atoms with E-state index in [4.69, 9.17) is 15.0 Å². The van der Waals surface area contributed by atoms with Crippen LogP contribution in [0.25, 0.3) is 89.0 Å². The van der Waals surface area contributed by atoms with Gasteiger partial charge in [0.1, 0.15) is 8.07 Å². The minimum Gasteiger partial charge on any atom is -0.381 e. The van der Waals surface area contributed by atoms with Gasteiger partial charge in [-0.05, 0) is 97.8 Å². The monoisotopic (exact) mass is 1870 g/mol. The van der Waals surface area contributed by atoms with Crippen molar-refractivity contribution in [3.05, 3.63) is 266 Å². The Morgan fingerprint density at radius 2 is 0.792 bits per heavy atom. The molecule has 3 radical (unpaired) electrons. The summed E-state index contributed by atoms with van der Waals surface area (Å²) in [5.74, 6) is 0. The van der Waals surface area contributed by atoms with E-state index < -0.39 is 40.4 Å². The topological polar surface area (TPSA) is 43.6 Å². The third-order valence-electron chi connectivity index (χ3n) is 19.4. The summed E-state index contributed by atoms with van der Waals surface area (Å²) >= 11 is 0. The van der Waals surface area contributed by atoms with E-state index in [0.29, 0.717) is 0 Å². The fourth-order valence-corrected chi connectivity index (χ4v) is 27.8. The van der Waals surface area contributed by atoms with E-state index in [2.05, 4.69) is 353 Å². The van der Waals surface area contributed by atoms with Crippen molar-refractivity contribution in [3.8, 4) is 67.2 Å². The van der Waals surface area contributed by atoms with E-state index in [0.717, 1.165) is 40.3 Å². The van der Waals surface area contributed by atoms with Crippen molar-refractivity contribution in [1.82, 2.24) is 19.5 Å². The van der Waals surface area contributed by atoms with Gasteiger partial charge in [-0.2, -0.15) is 0 Å². The second-order valence-corrected chi connectivity index (χ2v) is 52.1. The number of benzene rings is 9. The van der Waals surface area contributed by atoms with Gasteiger partial charge in [0, 0.05) is 91.0 Å². The molecule has 0 fully saturated rings. The van der Waals surface area contributed by atoms with E-state index >= 15 is 0 Å². The predicted molar refractivity (Wildman–Crippen MR) is 413 cm³/mol. The number of aryl methyl sites for hydroxylation is 3. The molecule has 9 aromatic carbocycles. The summed E-state index contributed by atoms with van der Waals surface area (Å²) in [5, 5.41) is 15.6. The van der Waals surface area contributed by atoms with Gasteiger partial charge >= 0.3 is 0 Å².